The van der Waals surface area contributed by atoms with Crippen molar-refractivity contribution in [3.8, 4) is 0 Å². The van der Waals surface area contributed by atoms with Crippen molar-refractivity contribution in [2.24, 2.45) is 0 Å². The maximum atomic E-state index is 9.91. The van der Waals surface area contributed by atoms with Crippen molar-refractivity contribution in [2.75, 3.05) is 38.7 Å². The maximum Gasteiger partial charge on any atom is 0.106 e. The Hall–Kier alpha value is -1.14. The molecule has 1 rings (SSSR count). The van der Waals surface area contributed by atoms with E-state index in [9.17, 15) is 10.2 Å². The molecule has 0 aliphatic heterocycles. The monoisotopic (exact) mass is 254 g/mol. The normalized spacial score (nSPS) is 14.3. The van der Waals surface area contributed by atoms with Crippen molar-refractivity contribution < 1.29 is 15.3 Å². The number of rotatable bonds is 7. The molecule has 5 nitrogen and oxygen atoms in total. The van der Waals surface area contributed by atoms with Crippen LogP contribution in [0.15, 0.2) is 24.3 Å². The fraction of sp³-hybridized carbons (Fsp3) is 0.538. The molecule has 0 aliphatic carbocycles. The van der Waals surface area contributed by atoms with Crippen LogP contribution in [0.4, 0.5) is 5.69 Å². The minimum absolute atomic E-state index is 0.0990. The van der Waals surface area contributed by atoms with Gasteiger partial charge in [0.1, 0.15) is 6.10 Å². The number of likely N-dealkylation sites (N-methyl/N-ethyl adjacent to an activating group) is 2. The Balaban J connectivity index is 2.70. The van der Waals surface area contributed by atoms with Gasteiger partial charge in [0.25, 0.3) is 0 Å². The molecule has 102 valence electrons. The number of hydrogen-bond donors (Lipinski definition) is 4. The minimum Gasteiger partial charge on any atom is -0.395 e. The van der Waals surface area contributed by atoms with E-state index in [1.165, 1.54) is 0 Å². The second kappa shape index (κ2) is 7.33. The first-order chi connectivity index (χ1) is 8.60. The van der Waals surface area contributed by atoms with Gasteiger partial charge in [-0.15, -0.1) is 0 Å². The lowest BCUT2D eigenvalue weighted by atomic mass is 10.0. The Morgan fingerprint density at radius 1 is 1.22 bits per heavy atom. The summed E-state index contributed by atoms with van der Waals surface area (Å²) in [6, 6.07) is 7.29. The lowest BCUT2D eigenvalue weighted by molar-refractivity contribution is 0.0202. The Morgan fingerprint density at radius 2 is 1.83 bits per heavy atom. The van der Waals surface area contributed by atoms with Gasteiger partial charge in [0.2, 0.25) is 0 Å². The standard InChI is InChI=1S/C13H22N2O3/c1-14-9-12(17)13(18)10-3-5-11(6-4-10)15(2)7-8-16/h3-6,12-14,16-18H,7-9H2,1-2H3. The molecule has 2 atom stereocenters. The summed E-state index contributed by atoms with van der Waals surface area (Å²) in [5.74, 6) is 0. The zero-order chi connectivity index (χ0) is 13.5. The van der Waals surface area contributed by atoms with Gasteiger partial charge in [-0.2, -0.15) is 0 Å². The van der Waals surface area contributed by atoms with Gasteiger partial charge in [0.15, 0.2) is 0 Å². The Morgan fingerprint density at radius 3 is 2.33 bits per heavy atom. The summed E-state index contributed by atoms with van der Waals surface area (Å²) in [4.78, 5) is 1.92. The van der Waals surface area contributed by atoms with Crippen molar-refractivity contribution >= 4 is 5.69 Å². The van der Waals surface area contributed by atoms with Gasteiger partial charge in [-0.25, -0.2) is 0 Å². The van der Waals surface area contributed by atoms with Crippen LogP contribution in [0.25, 0.3) is 0 Å². The van der Waals surface area contributed by atoms with Gasteiger partial charge in [0.05, 0.1) is 12.7 Å². The summed E-state index contributed by atoms with van der Waals surface area (Å²) in [5.41, 5.74) is 1.64. The van der Waals surface area contributed by atoms with Gasteiger partial charge < -0.3 is 25.5 Å². The fourth-order valence-electron chi connectivity index (χ4n) is 1.75. The van der Waals surface area contributed by atoms with Crippen molar-refractivity contribution in [1.29, 1.82) is 0 Å². The van der Waals surface area contributed by atoms with Crippen molar-refractivity contribution in [2.45, 2.75) is 12.2 Å². The molecule has 0 amide bonds. The van der Waals surface area contributed by atoms with Gasteiger partial charge in [-0.05, 0) is 24.7 Å². The zero-order valence-electron chi connectivity index (χ0n) is 10.9. The van der Waals surface area contributed by atoms with E-state index >= 15 is 0 Å². The molecule has 0 saturated heterocycles. The summed E-state index contributed by atoms with van der Waals surface area (Å²) < 4.78 is 0. The Bertz CT molecular complexity index is 343. The van der Waals surface area contributed by atoms with Crippen molar-refractivity contribution in [1.82, 2.24) is 5.32 Å². The highest BCUT2D eigenvalue weighted by atomic mass is 16.3. The summed E-state index contributed by atoms with van der Waals surface area (Å²) >= 11 is 0. The molecular weight excluding hydrogens is 232 g/mol. The van der Waals surface area contributed by atoms with Crippen LogP contribution in [0.3, 0.4) is 0 Å². The highest BCUT2D eigenvalue weighted by Gasteiger charge is 2.17. The van der Waals surface area contributed by atoms with Crippen molar-refractivity contribution in [3.05, 3.63) is 29.8 Å². The van der Waals surface area contributed by atoms with Crippen LogP contribution in [0.2, 0.25) is 0 Å². The Labute approximate surface area is 108 Å². The first-order valence-electron chi connectivity index (χ1n) is 6.02. The van der Waals surface area contributed by atoms with E-state index in [0.717, 1.165) is 5.69 Å². The van der Waals surface area contributed by atoms with E-state index in [1.807, 2.05) is 24.1 Å². The van der Waals surface area contributed by atoms with Crippen LogP contribution in [-0.4, -0.2) is 55.2 Å². The third-order valence-electron chi connectivity index (χ3n) is 2.89. The topological polar surface area (TPSA) is 76.0 Å². The summed E-state index contributed by atoms with van der Waals surface area (Å²) in [6.45, 7) is 0.999. The molecule has 0 radical (unpaired) electrons. The van der Waals surface area contributed by atoms with Crippen LogP contribution in [0, 0.1) is 0 Å². The quantitative estimate of drug-likeness (QED) is 0.539. The van der Waals surface area contributed by atoms with Gasteiger partial charge in [-0.1, -0.05) is 12.1 Å². The van der Waals surface area contributed by atoms with Crippen LogP contribution < -0.4 is 10.2 Å². The highest BCUT2D eigenvalue weighted by Crippen LogP contribution is 2.20. The molecule has 0 saturated carbocycles. The number of anilines is 1. The Kier molecular flexibility index (Phi) is 6.07. The number of nitrogens with one attached hydrogen (secondary N) is 1. The lowest BCUT2D eigenvalue weighted by Crippen LogP contribution is -2.29. The molecule has 4 N–H and O–H groups in total. The molecule has 1 aromatic rings. The van der Waals surface area contributed by atoms with Crippen LogP contribution in [-0.2, 0) is 0 Å². The van der Waals surface area contributed by atoms with Crippen LogP contribution in [0.1, 0.15) is 11.7 Å². The SMILES string of the molecule is CNCC(O)C(O)c1ccc(N(C)CCO)cc1. The van der Waals surface area contributed by atoms with Gasteiger partial charge >= 0.3 is 0 Å². The number of aliphatic hydroxyl groups excluding tert-OH is 3. The molecule has 0 aliphatic rings. The number of aliphatic hydroxyl groups is 3. The van der Waals surface area contributed by atoms with Crippen LogP contribution >= 0.6 is 0 Å². The van der Waals surface area contributed by atoms with E-state index in [2.05, 4.69) is 5.32 Å². The second-order valence-electron chi connectivity index (χ2n) is 4.31. The first-order valence-corrected chi connectivity index (χ1v) is 6.02. The summed E-state index contributed by atoms with van der Waals surface area (Å²) in [7, 11) is 3.61. The van der Waals surface area contributed by atoms with E-state index in [-0.39, 0.29) is 6.61 Å². The third-order valence-corrected chi connectivity index (χ3v) is 2.89. The predicted molar refractivity (Wildman–Crippen MR) is 71.7 cm³/mol. The predicted octanol–water partition coefficient (Wildman–Crippen LogP) is -0.271. The largest absolute Gasteiger partial charge is 0.395 e. The van der Waals surface area contributed by atoms with Gasteiger partial charge in [0, 0.05) is 25.8 Å². The molecule has 0 fully saturated rings. The molecular formula is C13H22N2O3. The molecule has 2 unspecified atom stereocenters. The smallest absolute Gasteiger partial charge is 0.106 e. The molecule has 1 aromatic carbocycles. The van der Waals surface area contributed by atoms with Crippen molar-refractivity contribution in [3.63, 3.8) is 0 Å². The lowest BCUT2D eigenvalue weighted by Gasteiger charge is -2.21. The summed E-state index contributed by atoms with van der Waals surface area (Å²) in [6.07, 6.45) is -1.72. The highest BCUT2D eigenvalue weighted by molar-refractivity contribution is 5.47. The van der Waals surface area contributed by atoms with Crippen LogP contribution in [0.5, 0.6) is 0 Å². The number of hydrogen-bond acceptors (Lipinski definition) is 5. The molecule has 0 bridgehead atoms. The minimum atomic E-state index is -0.894. The third kappa shape index (κ3) is 3.96. The van der Waals surface area contributed by atoms with E-state index in [1.54, 1.807) is 19.2 Å². The zero-order valence-corrected chi connectivity index (χ0v) is 10.9. The first kappa shape index (κ1) is 14.9. The van der Waals surface area contributed by atoms with Gasteiger partial charge in [-0.3, -0.25) is 0 Å². The van der Waals surface area contributed by atoms with E-state index in [4.69, 9.17) is 5.11 Å². The fourth-order valence-corrected chi connectivity index (χ4v) is 1.75. The average Bonchev–Trinajstić information content (AvgIpc) is 2.38. The molecule has 18 heavy (non-hydrogen) atoms. The summed E-state index contributed by atoms with van der Waals surface area (Å²) in [5, 5.41) is 31.3. The molecule has 5 heteroatoms. The molecule has 0 heterocycles. The van der Waals surface area contributed by atoms with E-state index in [0.29, 0.717) is 18.7 Å². The second-order valence-corrected chi connectivity index (χ2v) is 4.31. The number of benzene rings is 1. The molecule has 0 aromatic heterocycles. The number of nitrogens with zero attached hydrogens (tertiary/aromatic N) is 1. The van der Waals surface area contributed by atoms with E-state index < -0.39 is 12.2 Å². The average molecular weight is 254 g/mol. The maximum absolute atomic E-state index is 9.91. The molecule has 0 spiro atoms.